The van der Waals surface area contributed by atoms with Crippen LogP contribution in [0.1, 0.15) is 17.4 Å². The van der Waals surface area contributed by atoms with Crippen LogP contribution in [0.15, 0.2) is 48.7 Å². The Kier molecular flexibility index (Phi) is 2.76. The molecule has 1 atom stereocenters. The van der Waals surface area contributed by atoms with Crippen LogP contribution in [0.5, 0.6) is 5.75 Å². The van der Waals surface area contributed by atoms with Gasteiger partial charge >= 0.3 is 0 Å². The quantitative estimate of drug-likeness (QED) is 0.752. The van der Waals surface area contributed by atoms with Crippen LogP contribution in [0.4, 0.5) is 0 Å². The zero-order chi connectivity index (χ0) is 11.5. The van der Waals surface area contributed by atoms with Gasteiger partial charge in [-0.15, -0.1) is 0 Å². The van der Waals surface area contributed by atoms with Crippen LogP contribution < -0.4 is 9.72 Å². The average Bonchev–Trinajstić information content (AvgIpc) is 3.23. The topological polar surface area (TPSA) is 35.9 Å². The third-order valence-corrected chi connectivity index (χ3v) is 2.74. The molecule has 0 saturated carbocycles. The summed E-state index contributed by atoms with van der Waals surface area (Å²) < 4.78 is 10.9. The van der Waals surface area contributed by atoms with E-state index in [4.69, 9.17) is 9.47 Å². The zero-order valence-electron chi connectivity index (χ0n) is 9.43. The summed E-state index contributed by atoms with van der Waals surface area (Å²) >= 11 is 0. The lowest BCUT2D eigenvalue weighted by Gasteiger charge is -2.03. The van der Waals surface area contributed by atoms with Crippen LogP contribution in [0.25, 0.3) is 0 Å². The number of epoxide rings is 1. The number of nitrogens with one attached hydrogen (secondary N) is 1. The predicted molar refractivity (Wildman–Crippen MR) is 62.5 cm³/mol. The molecule has 1 N–H and O–H groups in total. The Balaban J connectivity index is 1.61. The maximum atomic E-state index is 5.68. The lowest BCUT2D eigenvalue weighted by atomic mass is 10.2. The summed E-state index contributed by atoms with van der Waals surface area (Å²) in [5, 5.41) is 0. The van der Waals surface area contributed by atoms with Crippen molar-refractivity contribution in [2.24, 2.45) is 0 Å². The number of ether oxygens (including phenoxy) is 2. The van der Waals surface area contributed by atoms with Crippen molar-refractivity contribution >= 4 is 0 Å². The van der Waals surface area contributed by atoms with Gasteiger partial charge in [0.1, 0.15) is 6.61 Å². The molecule has 2 aromatic rings. The Hall–Kier alpha value is -1.87. The number of hydrogen-bond acceptors (Lipinski definition) is 2. The van der Waals surface area contributed by atoms with E-state index in [-0.39, 0.29) is 6.10 Å². The number of aromatic amines is 1. The van der Waals surface area contributed by atoms with E-state index in [1.54, 1.807) is 0 Å². The van der Waals surface area contributed by atoms with Crippen molar-refractivity contribution in [1.29, 1.82) is 0 Å². The van der Waals surface area contributed by atoms with Gasteiger partial charge in [-0.3, -0.25) is 0 Å². The number of hydrogen-bond donors (Lipinski definition) is 0. The third-order valence-electron chi connectivity index (χ3n) is 2.74. The van der Waals surface area contributed by atoms with E-state index in [1.807, 2.05) is 36.5 Å². The summed E-state index contributed by atoms with van der Waals surface area (Å²) in [5.74, 6) is 0.846. The van der Waals surface area contributed by atoms with Gasteiger partial charge in [-0.2, -0.15) is 0 Å². The van der Waals surface area contributed by atoms with Crippen LogP contribution in [0, 0.1) is 0 Å². The molecule has 0 bridgehead atoms. The van der Waals surface area contributed by atoms with Crippen molar-refractivity contribution in [2.75, 3.05) is 6.61 Å². The summed E-state index contributed by atoms with van der Waals surface area (Å²) in [6.45, 7) is 1.41. The molecule has 0 radical (unpaired) electrons. The van der Waals surface area contributed by atoms with Crippen LogP contribution in [-0.4, -0.2) is 6.61 Å². The van der Waals surface area contributed by atoms with Gasteiger partial charge in [0.25, 0.3) is 0 Å². The Morgan fingerprint density at radius 1 is 1.18 bits per heavy atom. The Morgan fingerprint density at radius 3 is 2.65 bits per heavy atom. The van der Waals surface area contributed by atoms with E-state index in [0.29, 0.717) is 6.61 Å². The minimum atomic E-state index is 0.262. The summed E-state index contributed by atoms with van der Waals surface area (Å²) in [6, 6.07) is 14.1. The molecule has 86 valence electrons. The average molecular weight is 228 g/mol. The highest BCUT2D eigenvalue weighted by molar-refractivity contribution is 5.19. The number of pyridine rings is 1. The number of H-pyrrole nitrogens is 1. The van der Waals surface area contributed by atoms with Crippen LogP contribution in [0.3, 0.4) is 0 Å². The number of rotatable bonds is 4. The fraction of sp³-hybridized carbons (Fsp3) is 0.214. The molecule has 3 heteroatoms. The molecule has 1 saturated heterocycles. The Labute approximate surface area is 100 Å². The van der Waals surface area contributed by atoms with Crippen molar-refractivity contribution in [3.05, 3.63) is 59.9 Å². The molecule has 1 fully saturated rings. The molecular weight excluding hydrogens is 214 g/mol. The van der Waals surface area contributed by atoms with Gasteiger partial charge in [0.15, 0.2) is 11.9 Å². The van der Waals surface area contributed by atoms with E-state index in [0.717, 1.165) is 18.1 Å². The molecule has 3 nitrogen and oxygen atoms in total. The van der Waals surface area contributed by atoms with E-state index in [9.17, 15) is 0 Å². The van der Waals surface area contributed by atoms with Crippen molar-refractivity contribution in [3.63, 3.8) is 0 Å². The molecule has 3 rings (SSSR count). The molecule has 0 aliphatic carbocycles. The largest absolute Gasteiger partial charge is 0.483 e. The zero-order valence-corrected chi connectivity index (χ0v) is 9.43. The lowest BCUT2D eigenvalue weighted by Crippen LogP contribution is -2.10. The first-order chi connectivity index (χ1) is 8.42. The standard InChI is InChI=1S/C14H13NO2/c1-2-4-11(5-3-1)9-16-12-6-7-13(15-8-12)14-10-17-14/h1-8,14H,9-10H2/p+1. The minimum absolute atomic E-state index is 0.262. The van der Waals surface area contributed by atoms with E-state index in [2.05, 4.69) is 17.1 Å². The van der Waals surface area contributed by atoms with E-state index >= 15 is 0 Å². The number of benzene rings is 1. The molecule has 1 aromatic heterocycles. The summed E-state index contributed by atoms with van der Waals surface area (Å²) in [4.78, 5) is 3.19. The molecule has 1 aliphatic rings. The molecule has 17 heavy (non-hydrogen) atoms. The highest BCUT2D eigenvalue weighted by Crippen LogP contribution is 2.26. The summed E-state index contributed by atoms with van der Waals surface area (Å²) in [5.41, 5.74) is 2.28. The molecule has 1 aliphatic heterocycles. The third kappa shape index (κ3) is 2.63. The molecule has 2 heterocycles. The van der Waals surface area contributed by atoms with Gasteiger partial charge in [-0.05, 0) is 11.6 Å². The van der Waals surface area contributed by atoms with E-state index < -0.39 is 0 Å². The second-order valence-electron chi connectivity index (χ2n) is 4.08. The molecule has 1 aromatic carbocycles. The first-order valence-corrected chi connectivity index (χ1v) is 5.72. The predicted octanol–water partition coefficient (Wildman–Crippen LogP) is 2.15. The smallest absolute Gasteiger partial charge is 0.211 e. The maximum Gasteiger partial charge on any atom is 0.211 e. The first-order valence-electron chi connectivity index (χ1n) is 5.72. The van der Waals surface area contributed by atoms with Crippen molar-refractivity contribution in [1.82, 2.24) is 0 Å². The van der Waals surface area contributed by atoms with Crippen molar-refractivity contribution in [2.45, 2.75) is 12.7 Å². The van der Waals surface area contributed by atoms with Gasteiger partial charge < -0.3 is 9.47 Å². The van der Waals surface area contributed by atoms with Crippen molar-refractivity contribution < 1.29 is 14.5 Å². The molecule has 0 amide bonds. The normalized spacial score (nSPS) is 17.8. The molecule has 0 spiro atoms. The molecule has 1 unspecified atom stereocenters. The number of aromatic nitrogens is 1. The van der Waals surface area contributed by atoms with Gasteiger partial charge in [0, 0.05) is 6.07 Å². The molecular formula is C14H14NO2+. The van der Waals surface area contributed by atoms with Crippen LogP contribution >= 0.6 is 0 Å². The summed E-state index contributed by atoms with van der Waals surface area (Å²) in [6.07, 6.45) is 2.14. The highest BCUT2D eigenvalue weighted by Gasteiger charge is 2.30. The Bertz CT molecular complexity index is 477. The highest BCUT2D eigenvalue weighted by atomic mass is 16.6. The first kappa shape index (κ1) is 10.3. The van der Waals surface area contributed by atoms with Gasteiger partial charge in [-0.1, -0.05) is 30.3 Å². The minimum Gasteiger partial charge on any atom is -0.483 e. The van der Waals surface area contributed by atoms with E-state index in [1.165, 1.54) is 5.56 Å². The maximum absolute atomic E-state index is 5.68. The lowest BCUT2D eigenvalue weighted by molar-refractivity contribution is -0.393. The fourth-order valence-corrected chi connectivity index (χ4v) is 1.68. The second kappa shape index (κ2) is 4.55. The SMILES string of the molecule is c1ccc(COc2ccc(C3CO3)[nH+]c2)cc1. The van der Waals surface area contributed by atoms with Crippen molar-refractivity contribution in [3.8, 4) is 5.75 Å². The van der Waals surface area contributed by atoms with Gasteiger partial charge in [-0.25, -0.2) is 4.98 Å². The summed E-state index contributed by atoms with van der Waals surface area (Å²) in [7, 11) is 0. The van der Waals surface area contributed by atoms with Gasteiger partial charge in [0.05, 0.1) is 6.61 Å². The van der Waals surface area contributed by atoms with Crippen LogP contribution in [0.2, 0.25) is 0 Å². The monoisotopic (exact) mass is 228 g/mol. The van der Waals surface area contributed by atoms with Gasteiger partial charge in [0.2, 0.25) is 11.9 Å². The fourth-order valence-electron chi connectivity index (χ4n) is 1.68. The Morgan fingerprint density at radius 2 is 2.00 bits per heavy atom. The second-order valence-corrected chi connectivity index (χ2v) is 4.08. The van der Waals surface area contributed by atoms with Crippen LogP contribution in [-0.2, 0) is 11.3 Å².